The molecule has 0 spiro atoms. The Morgan fingerprint density at radius 3 is 3.00 bits per heavy atom. The van der Waals surface area contributed by atoms with Crippen LogP contribution in [0.3, 0.4) is 0 Å². The molecule has 0 aliphatic carbocycles. The molecule has 4 heteroatoms. The summed E-state index contributed by atoms with van der Waals surface area (Å²) in [4.78, 5) is 2.38. The molecule has 2 N–H and O–H groups in total. The van der Waals surface area contributed by atoms with Crippen molar-refractivity contribution in [1.82, 2.24) is 9.78 Å². The number of hydrogen-bond donors (Lipinski definition) is 1. The molecule has 0 saturated carbocycles. The molecule has 0 amide bonds. The average Bonchev–Trinajstić information content (AvgIpc) is 2.70. The zero-order valence-corrected chi connectivity index (χ0v) is 9.56. The number of nitrogens with two attached hydrogens (primary N) is 1. The summed E-state index contributed by atoms with van der Waals surface area (Å²) in [5, 5.41) is 4.30. The fourth-order valence-corrected chi connectivity index (χ4v) is 2.09. The van der Waals surface area contributed by atoms with E-state index in [1.54, 1.807) is 0 Å². The highest BCUT2D eigenvalue weighted by atomic mass is 15.3. The Morgan fingerprint density at radius 2 is 2.40 bits per heavy atom. The van der Waals surface area contributed by atoms with Crippen molar-refractivity contribution < 1.29 is 0 Å². The van der Waals surface area contributed by atoms with E-state index in [4.69, 9.17) is 5.73 Å². The first-order valence-electron chi connectivity index (χ1n) is 5.73. The predicted molar refractivity (Wildman–Crippen MR) is 61.9 cm³/mol. The summed E-state index contributed by atoms with van der Waals surface area (Å²) in [5.41, 5.74) is 7.23. The molecule has 0 radical (unpaired) electrons. The molecule has 4 nitrogen and oxygen atoms in total. The van der Waals surface area contributed by atoms with Gasteiger partial charge in [-0.1, -0.05) is 6.92 Å². The van der Waals surface area contributed by atoms with E-state index in [9.17, 15) is 0 Å². The summed E-state index contributed by atoms with van der Waals surface area (Å²) in [6, 6.07) is 0.363. The molecule has 1 aromatic heterocycles. The van der Waals surface area contributed by atoms with E-state index < -0.39 is 0 Å². The highest BCUT2D eigenvalue weighted by molar-refractivity contribution is 5.42. The van der Waals surface area contributed by atoms with Gasteiger partial charge in [0.05, 0.1) is 11.9 Å². The summed E-state index contributed by atoms with van der Waals surface area (Å²) in [6.45, 7) is 7.37. The molecule has 2 heterocycles. The smallest absolute Gasteiger partial charge is 0.0752 e. The van der Waals surface area contributed by atoms with Crippen LogP contribution in [0.1, 0.15) is 20.3 Å². The summed E-state index contributed by atoms with van der Waals surface area (Å²) in [5.74, 6) is 0.573. The van der Waals surface area contributed by atoms with E-state index in [2.05, 4.69) is 30.0 Å². The van der Waals surface area contributed by atoms with Crippen LogP contribution in [-0.2, 0) is 6.54 Å². The lowest BCUT2D eigenvalue weighted by Crippen LogP contribution is -2.45. The van der Waals surface area contributed by atoms with Crippen molar-refractivity contribution in [3.63, 3.8) is 0 Å². The van der Waals surface area contributed by atoms with Crippen LogP contribution in [0.15, 0.2) is 12.4 Å². The van der Waals surface area contributed by atoms with Crippen LogP contribution in [0, 0.1) is 5.92 Å². The molecule has 1 fully saturated rings. The monoisotopic (exact) mass is 208 g/mol. The Morgan fingerprint density at radius 1 is 1.60 bits per heavy atom. The van der Waals surface area contributed by atoms with Gasteiger partial charge in [-0.05, 0) is 19.3 Å². The average molecular weight is 208 g/mol. The highest BCUT2D eigenvalue weighted by Gasteiger charge is 2.23. The lowest BCUT2D eigenvalue weighted by atomic mass is 9.95. The Balaban J connectivity index is 2.05. The molecule has 2 rings (SSSR count). The minimum atomic E-state index is 0.363. The second-order valence-corrected chi connectivity index (χ2v) is 4.43. The first-order chi connectivity index (χ1) is 7.20. The fraction of sp³-hybridized carbons (Fsp3) is 0.727. The van der Waals surface area contributed by atoms with Gasteiger partial charge in [0.2, 0.25) is 0 Å². The number of hydrogen-bond acceptors (Lipinski definition) is 3. The third-order valence-electron chi connectivity index (χ3n) is 3.28. The Kier molecular flexibility index (Phi) is 2.95. The first-order valence-corrected chi connectivity index (χ1v) is 5.73. The van der Waals surface area contributed by atoms with Crippen LogP contribution in [0.5, 0.6) is 0 Å². The van der Waals surface area contributed by atoms with E-state index in [0.29, 0.717) is 12.0 Å². The largest absolute Gasteiger partial charge is 0.369 e. The molecule has 1 aliphatic rings. The van der Waals surface area contributed by atoms with Crippen molar-refractivity contribution in [2.45, 2.75) is 32.9 Å². The highest BCUT2D eigenvalue weighted by Crippen LogP contribution is 2.21. The van der Waals surface area contributed by atoms with E-state index in [-0.39, 0.29) is 0 Å². The normalized spacial score (nSPS) is 27.0. The number of aryl methyl sites for hydroxylation is 1. The SMILES string of the molecule is CCn1cc(N2CCC(N)C(C)C2)cn1. The first kappa shape index (κ1) is 10.5. The van der Waals surface area contributed by atoms with Crippen LogP contribution in [0.2, 0.25) is 0 Å². The zero-order chi connectivity index (χ0) is 10.8. The maximum absolute atomic E-state index is 6.00. The predicted octanol–water partition coefficient (Wildman–Crippen LogP) is 1.08. The Labute approximate surface area is 91.1 Å². The molecule has 1 aromatic rings. The van der Waals surface area contributed by atoms with Gasteiger partial charge in [0.15, 0.2) is 0 Å². The van der Waals surface area contributed by atoms with Gasteiger partial charge < -0.3 is 10.6 Å². The summed E-state index contributed by atoms with van der Waals surface area (Å²) < 4.78 is 1.97. The van der Waals surface area contributed by atoms with Crippen LogP contribution < -0.4 is 10.6 Å². The summed E-state index contributed by atoms with van der Waals surface area (Å²) in [7, 11) is 0. The lowest BCUT2D eigenvalue weighted by Gasteiger charge is -2.35. The fourth-order valence-electron chi connectivity index (χ4n) is 2.09. The Bertz CT molecular complexity index is 320. The van der Waals surface area contributed by atoms with E-state index in [1.807, 2.05) is 10.9 Å². The van der Waals surface area contributed by atoms with Crippen molar-refractivity contribution in [3.05, 3.63) is 12.4 Å². The van der Waals surface area contributed by atoms with Gasteiger partial charge in [0.25, 0.3) is 0 Å². The maximum atomic E-state index is 6.00. The van der Waals surface area contributed by atoms with Gasteiger partial charge in [-0.15, -0.1) is 0 Å². The number of rotatable bonds is 2. The minimum Gasteiger partial charge on any atom is -0.369 e. The molecule has 1 saturated heterocycles. The van der Waals surface area contributed by atoms with Gasteiger partial charge in [-0.2, -0.15) is 5.10 Å². The molecular weight excluding hydrogens is 188 g/mol. The van der Waals surface area contributed by atoms with E-state index in [0.717, 1.165) is 26.1 Å². The molecule has 84 valence electrons. The van der Waals surface area contributed by atoms with Gasteiger partial charge in [0.1, 0.15) is 0 Å². The van der Waals surface area contributed by atoms with Crippen LogP contribution in [0.25, 0.3) is 0 Å². The van der Waals surface area contributed by atoms with Gasteiger partial charge in [0, 0.05) is 31.9 Å². The third kappa shape index (κ3) is 2.15. The van der Waals surface area contributed by atoms with E-state index >= 15 is 0 Å². The number of aromatic nitrogens is 2. The van der Waals surface area contributed by atoms with Gasteiger partial charge in [-0.25, -0.2) is 0 Å². The molecule has 15 heavy (non-hydrogen) atoms. The maximum Gasteiger partial charge on any atom is 0.0752 e. The van der Waals surface area contributed by atoms with Crippen LogP contribution in [0.4, 0.5) is 5.69 Å². The van der Waals surface area contributed by atoms with Gasteiger partial charge >= 0.3 is 0 Å². The van der Waals surface area contributed by atoms with Crippen LogP contribution >= 0.6 is 0 Å². The molecule has 1 aliphatic heterocycles. The second-order valence-electron chi connectivity index (χ2n) is 4.43. The minimum absolute atomic E-state index is 0.363. The van der Waals surface area contributed by atoms with Gasteiger partial charge in [-0.3, -0.25) is 4.68 Å². The molecule has 2 atom stereocenters. The standard InChI is InChI=1S/C11H20N4/c1-3-15-8-10(6-13-15)14-5-4-11(12)9(2)7-14/h6,8-9,11H,3-5,7,12H2,1-2H3. The third-order valence-corrected chi connectivity index (χ3v) is 3.28. The van der Waals surface area contributed by atoms with Crippen molar-refractivity contribution >= 4 is 5.69 Å². The van der Waals surface area contributed by atoms with Crippen molar-refractivity contribution in [1.29, 1.82) is 0 Å². The topological polar surface area (TPSA) is 47.1 Å². The molecule has 0 bridgehead atoms. The quantitative estimate of drug-likeness (QED) is 0.791. The summed E-state index contributed by atoms with van der Waals surface area (Å²) >= 11 is 0. The van der Waals surface area contributed by atoms with Crippen molar-refractivity contribution in [3.8, 4) is 0 Å². The van der Waals surface area contributed by atoms with Crippen LogP contribution in [-0.4, -0.2) is 28.9 Å². The second kappa shape index (κ2) is 4.23. The van der Waals surface area contributed by atoms with Crippen molar-refractivity contribution in [2.24, 2.45) is 11.7 Å². The Hall–Kier alpha value is -1.03. The summed E-state index contributed by atoms with van der Waals surface area (Å²) in [6.07, 6.45) is 5.15. The van der Waals surface area contributed by atoms with E-state index in [1.165, 1.54) is 5.69 Å². The molecular formula is C11H20N4. The molecule has 0 aromatic carbocycles. The zero-order valence-electron chi connectivity index (χ0n) is 9.56. The van der Waals surface area contributed by atoms with Crippen molar-refractivity contribution in [2.75, 3.05) is 18.0 Å². The number of anilines is 1. The number of piperidine rings is 1. The lowest BCUT2D eigenvalue weighted by molar-refractivity contribution is 0.383. The molecule has 2 unspecified atom stereocenters. The number of nitrogens with zero attached hydrogens (tertiary/aromatic N) is 3.